The van der Waals surface area contributed by atoms with Gasteiger partial charge in [0.1, 0.15) is 11.5 Å². The van der Waals surface area contributed by atoms with Crippen LogP contribution in [0, 0.1) is 6.92 Å². The maximum absolute atomic E-state index is 13.0. The Kier molecular flexibility index (Phi) is 4.87. The molecule has 144 valence electrons. The van der Waals surface area contributed by atoms with Crippen molar-refractivity contribution in [1.29, 1.82) is 0 Å². The summed E-state index contributed by atoms with van der Waals surface area (Å²) in [4.78, 5) is 31.2. The lowest BCUT2D eigenvalue weighted by molar-refractivity contribution is -0.127. The summed E-state index contributed by atoms with van der Waals surface area (Å²) in [5.41, 5.74) is 1.32. The predicted octanol–water partition coefficient (Wildman–Crippen LogP) is 2.79. The maximum Gasteiger partial charge on any atom is 0.262 e. The molecule has 2 amide bonds. The Morgan fingerprint density at radius 2 is 2.11 bits per heavy atom. The number of carbonyl (C=O) groups is 2. The van der Waals surface area contributed by atoms with Gasteiger partial charge in [0.25, 0.3) is 5.91 Å². The van der Waals surface area contributed by atoms with Crippen molar-refractivity contribution in [3.05, 3.63) is 53.2 Å². The fraction of sp³-hybridized carbons (Fsp3) is 0.250. The average molecular weight is 397 g/mol. The fourth-order valence-corrected chi connectivity index (χ4v) is 3.85. The SMILES string of the molecule is CNC(=O)[C@H]1CN(C(=O)Cc2csc(-c3ccc(C)o3)n2)c2ccccc2O1. The number of hydrogen-bond acceptors (Lipinski definition) is 6. The summed E-state index contributed by atoms with van der Waals surface area (Å²) in [5, 5.41) is 5.17. The number of benzene rings is 1. The monoisotopic (exact) mass is 397 g/mol. The number of aryl methyl sites for hydroxylation is 1. The number of nitrogens with zero attached hydrogens (tertiary/aromatic N) is 2. The van der Waals surface area contributed by atoms with Gasteiger partial charge in [0.15, 0.2) is 16.9 Å². The summed E-state index contributed by atoms with van der Waals surface area (Å²) in [6, 6.07) is 11.0. The predicted molar refractivity (Wildman–Crippen MR) is 106 cm³/mol. The fourth-order valence-electron chi connectivity index (χ4n) is 3.07. The lowest BCUT2D eigenvalue weighted by Gasteiger charge is -2.34. The molecule has 0 spiro atoms. The van der Waals surface area contributed by atoms with Gasteiger partial charge in [-0.3, -0.25) is 9.59 Å². The van der Waals surface area contributed by atoms with Crippen LogP contribution in [-0.4, -0.2) is 36.5 Å². The van der Waals surface area contributed by atoms with E-state index in [1.54, 1.807) is 18.0 Å². The van der Waals surface area contributed by atoms with Crippen LogP contribution in [0.25, 0.3) is 10.8 Å². The van der Waals surface area contributed by atoms with E-state index in [0.29, 0.717) is 22.9 Å². The first-order valence-electron chi connectivity index (χ1n) is 8.84. The second-order valence-electron chi connectivity index (χ2n) is 6.42. The minimum atomic E-state index is -0.749. The second-order valence-corrected chi connectivity index (χ2v) is 7.28. The van der Waals surface area contributed by atoms with Crippen molar-refractivity contribution < 1.29 is 18.7 Å². The molecule has 8 heteroatoms. The number of fused-ring (bicyclic) bond motifs is 1. The molecule has 0 bridgehead atoms. The van der Waals surface area contributed by atoms with Crippen LogP contribution in [0.2, 0.25) is 0 Å². The number of likely N-dealkylation sites (N-methyl/N-ethyl adjacent to an activating group) is 1. The van der Waals surface area contributed by atoms with E-state index in [-0.39, 0.29) is 24.8 Å². The summed E-state index contributed by atoms with van der Waals surface area (Å²) in [7, 11) is 1.55. The highest BCUT2D eigenvalue weighted by atomic mass is 32.1. The van der Waals surface area contributed by atoms with Gasteiger partial charge in [-0.1, -0.05) is 12.1 Å². The van der Waals surface area contributed by atoms with Crippen molar-refractivity contribution in [2.24, 2.45) is 0 Å². The van der Waals surface area contributed by atoms with Gasteiger partial charge in [-0.25, -0.2) is 4.98 Å². The highest BCUT2D eigenvalue weighted by molar-refractivity contribution is 7.13. The molecule has 4 rings (SSSR count). The zero-order valence-electron chi connectivity index (χ0n) is 15.5. The standard InChI is InChI=1S/C20H19N3O4S/c1-12-7-8-16(26-12)20-22-13(11-28-20)9-18(24)23-10-17(19(25)21-2)27-15-6-4-3-5-14(15)23/h3-8,11,17H,9-10H2,1-2H3,(H,21,25)/t17-/m1/s1. The number of aromatic nitrogens is 1. The van der Waals surface area contributed by atoms with E-state index in [0.717, 1.165) is 10.8 Å². The van der Waals surface area contributed by atoms with E-state index in [1.165, 1.54) is 11.3 Å². The Balaban J connectivity index is 1.55. The molecule has 3 aromatic rings. The molecule has 28 heavy (non-hydrogen) atoms. The number of carbonyl (C=O) groups excluding carboxylic acids is 2. The molecule has 0 aliphatic carbocycles. The van der Waals surface area contributed by atoms with Crippen LogP contribution in [0.3, 0.4) is 0 Å². The highest BCUT2D eigenvalue weighted by Gasteiger charge is 2.33. The largest absolute Gasteiger partial charge is 0.477 e. The first kappa shape index (κ1) is 18.2. The molecule has 1 N–H and O–H groups in total. The highest BCUT2D eigenvalue weighted by Crippen LogP contribution is 2.34. The lowest BCUT2D eigenvalue weighted by Crippen LogP contribution is -2.50. The summed E-state index contributed by atoms with van der Waals surface area (Å²) in [5.74, 6) is 1.61. The smallest absolute Gasteiger partial charge is 0.262 e. The lowest BCUT2D eigenvalue weighted by atomic mass is 10.1. The molecule has 2 aromatic heterocycles. The molecule has 0 unspecified atom stereocenters. The molecule has 3 heterocycles. The number of para-hydroxylation sites is 2. The third kappa shape index (κ3) is 3.50. The van der Waals surface area contributed by atoms with Gasteiger partial charge in [0, 0.05) is 12.4 Å². The third-order valence-electron chi connectivity index (χ3n) is 4.45. The molecule has 0 saturated carbocycles. The topological polar surface area (TPSA) is 84.7 Å². The number of furan rings is 1. The second kappa shape index (κ2) is 7.47. The molecule has 0 saturated heterocycles. The molecule has 0 fully saturated rings. The number of rotatable bonds is 4. The van der Waals surface area contributed by atoms with Gasteiger partial charge in [-0.2, -0.15) is 0 Å². The zero-order valence-corrected chi connectivity index (χ0v) is 16.3. The van der Waals surface area contributed by atoms with Gasteiger partial charge in [-0.05, 0) is 31.2 Å². The molecular weight excluding hydrogens is 378 g/mol. The number of hydrogen-bond donors (Lipinski definition) is 1. The van der Waals surface area contributed by atoms with Gasteiger partial charge in [0.05, 0.1) is 24.3 Å². The number of amides is 2. The number of nitrogens with one attached hydrogen (secondary N) is 1. The summed E-state index contributed by atoms with van der Waals surface area (Å²) in [6.45, 7) is 2.03. The minimum Gasteiger partial charge on any atom is -0.477 e. The summed E-state index contributed by atoms with van der Waals surface area (Å²) < 4.78 is 11.3. The van der Waals surface area contributed by atoms with Gasteiger partial charge < -0.3 is 19.4 Å². The van der Waals surface area contributed by atoms with Crippen molar-refractivity contribution in [2.75, 3.05) is 18.5 Å². The quantitative estimate of drug-likeness (QED) is 0.732. The van der Waals surface area contributed by atoms with Crippen LogP contribution in [0.1, 0.15) is 11.5 Å². The van der Waals surface area contributed by atoms with Gasteiger partial charge >= 0.3 is 0 Å². The van der Waals surface area contributed by atoms with Crippen LogP contribution in [-0.2, 0) is 16.0 Å². The first-order valence-corrected chi connectivity index (χ1v) is 9.72. The van der Waals surface area contributed by atoms with Crippen molar-refractivity contribution >= 4 is 28.8 Å². The van der Waals surface area contributed by atoms with Crippen molar-refractivity contribution in [3.63, 3.8) is 0 Å². The third-order valence-corrected chi connectivity index (χ3v) is 5.35. The Morgan fingerprint density at radius 1 is 1.29 bits per heavy atom. The van der Waals surface area contributed by atoms with Crippen LogP contribution >= 0.6 is 11.3 Å². The molecule has 0 radical (unpaired) electrons. The van der Waals surface area contributed by atoms with Crippen molar-refractivity contribution in [3.8, 4) is 16.5 Å². The Morgan fingerprint density at radius 3 is 2.86 bits per heavy atom. The molecule has 1 atom stereocenters. The van der Waals surface area contributed by atoms with Crippen molar-refractivity contribution in [1.82, 2.24) is 10.3 Å². The zero-order chi connectivity index (χ0) is 19.7. The molecule has 1 aliphatic heterocycles. The Labute approximate surface area is 165 Å². The number of ether oxygens (including phenoxy) is 1. The average Bonchev–Trinajstić information content (AvgIpc) is 3.35. The van der Waals surface area contributed by atoms with Crippen LogP contribution in [0.5, 0.6) is 5.75 Å². The normalized spacial score (nSPS) is 15.6. The summed E-state index contributed by atoms with van der Waals surface area (Å²) >= 11 is 1.43. The Hall–Kier alpha value is -3.13. The van der Waals surface area contributed by atoms with Crippen LogP contribution in [0.4, 0.5) is 5.69 Å². The van der Waals surface area contributed by atoms with Crippen molar-refractivity contribution in [2.45, 2.75) is 19.4 Å². The summed E-state index contributed by atoms with van der Waals surface area (Å²) in [6.07, 6.45) is -0.619. The molecule has 7 nitrogen and oxygen atoms in total. The Bertz CT molecular complexity index is 1030. The van der Waals surface area contributed by atoms with E-state index in [4.69, 9.17) is 9.15 Å². The van der Waals surface area contributed by atoms with E-state index < -0.39 is 6.10 Å². The van der Waals surface area contributed by atoms with Gasteiger partial charge in [-0.15, -0.1) is 11.3 Å². The van der Waals surface area contributed by atoms with Crippen LogP contribution < -0.4 is 15.0 Å². The van der Waals surface area contributed by atoms with Gasteiger partial charge in [0.2, 0.25) is 5.91 Å². The maximum atomic E-state index is 13.0. The number of anilines is 1. The minimum absolute atomic E-state index is 0.130. The number of thiazole rings is 1. The molecular formula is C20H19N3O4S. The molecule has 1 aliphatic rings. The van der Waals surface area contributed by atoms with E-state index >= 15 is 0 Å². The van der Waals surface area contributed by atoms with Crippen LogP contribution in [0.15, 0.2) is 46.2 Å². The van der Waals surface area contributed by atoms with E-state index in [2.05, 4.69) is 10.3 Å². The first-order chi connectivity index (χ1) is 13.5. The molecule has 1 aromatic carbocycles. The van der Waals surface area contributed by atoms with E-state index in [9.17, 15) is 9.59 Å². The van der Waals surface area contributed by atoms with E-state index in [1.807, 2.05) is 42.6 Å².